The Balaban J connectivity index is 2.19. The second kappa shape index (κ2) is 4.89. The van der Waals surface area contributed by atoms with Crippen molar-refractivity contribution >= 4 is 11.6 Å². The predicted octanol–water partition coefficient (Wildman–Crippen LogP) is 1.00. The molecule has 1 aromatic rings. The lowest BCUT2D eigenvalue weighted by atomic mass is 10.1. The van der Waals surface area contributed by atoms with Gasteiger partial charge in [-0.15, -0.1) is 0 Å². The fraction of sp³-hybridized carbons (Fsp3) is 0.417. The van der Waals surface area contributed by atoms with Crippen molar-refractivity contribution in [3.8, 4) is 0 Å². The summed E-state index contributed by atoms with van der Waals surface area (Å²) in [4.78, 5) is 13.5. The standard InChI is InChI=1S/C12H14F2N2O2/c13-9-3-8(4-10(14)11(9)15)12(18)16-2-1-7(5-16)6-17/h3-4,7,17H,1-2,5-6,15H2. The Kier molecular flexibility index (Phi) is 3.47. The third kappa shape index (κ3) is 2.28. The minimum Gasteiger partial charge on any atom is -0.396 e. The van der Waals surface area contributed by atoms with E-state index in [0.29, 0.717) is 19.5 Å². The number of hydrogen-bond acceptors (Lipinski definition) is 3. The molecule has 18 heavy (non-hydrogen) atoms. The molecule has 1 aliphatic rings. The lowest BCUT2D eigenvalue weighted by Gasteiger charge is -2.16. The largest absolute Gasteiger partial charge is 0.396 e. The molecule has 1 fully saturated rings. The summed E-state index contributed by atoms with van der Waals surface area (Å²) in [5.74, 6) is -2.27. The highest BCUT2D eigenvalue weighted by molar-refractivity contribution is 5.94. The van der Waals surface area contributed by atoms with Crippen LogP contribution in [0.4, 0.5) is 14.5 Å². The topological polar surface area (TPSA) is 66.6 Å². The molecule has 1 aliphatic heterocycles. The minimum atomic E-state index is -0.934. The maximum Gasteiger partial charge on any atom is 0.254 e. The van der Waals surface area contributed by atoms with Gasteiger partial charge >= 0.3 is 0 Å². The van der Waals surface area contributed by atoms with Gasteiger partial charge < -0.3 is 15.7 Å². The number of hydrogen-bond donors (Lipinski definition) is 2. The van der Waals surface area contributed by atoms with E-state index in [4.69, 9.17) is 10.8 Å². The van der Waals surface area contributed by atoms with Gasteiger partial charge in [-0.05, 0) is 18.6 Å². The number of aliphatic hydroxyl groups excluding tert-OH is 1. The lowest BCUT2D eigenvalue weighted by molar-refractivity contribution is 0.0781. The number of nitrogens with zero attached hydrogens (tertiary/aromatic N) is 1. The van der Waals surface area contributed by atoms with E-state index in [1.807, 2.05) is 0 Å². The van der Waals surface area contributed by atoms with E-state index < -0.39 is 23.2 Å². The average molecular weight is 256 g/mol. The van der Waals surface area contributed by atoms with Crippen LogP contribution in [0.5, 0.6) is 0 Å². The Morgan fingerprint density at radius 3 is 2.56 bits per heavy atom. The number of anilines is 1. The maximum absolute atomic E-state index is 13.3. The molecule has 3 N–H and O–H groups in total. The first-order valence-corrected chi connectivity index (χ1v) is 5.67. The Hall–Kier alpha value is -1.69. The van der Waals surface area contributed by atoms with E-state index >= 15 is 0 Å². The maximum atomic E-state index is 13.3. The molecule has 1 saturated heterocycles. The predicted molar refractivity (Wildman–Crippen MR) is 61.9 cm³/mol. The van der Waals surface area contributed by atoms with E-state index in [9.17, 15) is 13.6 Å². The summed E-state index contributed by atoms with van der Waals surface area (Å²) < 4.78 is 26.5. The van der Waals surface area contributed by atoms with Crippen LogP contribution in [0, 0.1) is 17.6 Å². The van der Waals surface area contributed by atoms with Gasteiger partial charge in [0.1, 0.15) is 17.3 Å². The average Bonchev–Trinajstić information content (AvgIpc) is 2.83. The van der Waals surface area contributed by atoms with Crippen LogP contribution >= 0.6 is 0 Å². The van der Waals surface area contributed by atoms with Gasteiger partial charge in [0.05, 0.1) is 0 Å². The zero-order valence-electron chi connectivity index (χ0n) is 9.70. The molecule has 0 saturated carbocycles. The van der Waals surface area contributed by atoms with Gasteiger partial charge in [0, 0.05) is 31.2 Å². The Labute approximate surface area is 103 Å². The fourth-order valence-corrected chi connectivity index (χ4v) is 2.06. The van der Waals surface area contributed by atoms with Crippen LogP contribution in [0.15, 0.2) is 12.1 Å². The first-order valence-electron chi connectivity index (χ1n) is 5.67. The number of nitrogens with two attached hydrogens (primary N) is 1. The number of nitrogen functional groups attached to an aromatic ring is 1. The van der Waals surface area contributed by atoms with Gasteiger partial charge in [0.25, 0.3) is 5.91 Å². The highest BCUT2D eigenvalue weighted by atomic mass is 19.1. The highest BCUT2D eigenvalue weighted by Gasteiger charge is 2.27. The van der Waals surface area contributed by atoms with Crippen molar-refractivity contribution in [3.63, 3.8) is 0 Å². The SMILES string of the molecule is Nc1c(F)cc(C(=O)N2CCC(CO)C2)cc1F. The molecule has 0 spiro atoms. The first-order chi connectivity index (χ1) is 8.52. The van der Waals surface area contributed by atoms with E-state index in [-0.39, 0.29) is 18.1 Å². The van der Waals surface area contributed by atoms with E-state index in [0.717, 1.165) is 12.1 Å². The van der Waals surface area contributed by atoms with E-state index in [1.54, 1.807) is 0 Å². The third-order valence-corrected chi connectivity index (χ3v) is 3.16. The number of halogens is 2. The summed E-state index contributed by atoms with van der Waals surface area (Å²) in [6.07, 6.45) is 0.697. The molecular weight excluding hydrogens is 242 g/mol. The third-order valence-electron chi connectivity index (χ3n) is 3.16. The van der Waals surface area contributed by atoms with Crippen molar-refractivity contribution in [1.29, 1.82) is 0 Å². The van der Waals surface area contributed by atoms with Crippen LogP contribution in [-0.2, 0) is 0 Å². The molecule has 1 aromatic carbocycles. The van der Waals surface area contributed by atoms with Crippen molar-refractivity contribution in [1.82, 2.24) is 4.90 Å². The minimum absolute atomic E-state index is 0.00817. The number of amides is 1. The van der Waals surface area contributed by atoms with Crippen molar-refractivity contribution in [3.05, 3.63) is 29.3 Å². The molecule has 1 unspecified atom stereocenters. The van der Waals surface area contributed by atoms with Crippen LogP contribution < -0.4 is 5.73 Å². The molecule has 4 nitrogen and oxygen atoms in total. The van der Waals surface area contributed by atoms with Gasteiger partial charge in [-0.3, -0.25) is 4.79 Å². The smallest absolute Gasteiger partial charge is 0.254 e. The number of aliphatic hydroxyl groups is 1. The Morgan fingerprint density at radius 2 is 2.06 bits per heavy atom. The van der Waals surface area contributed by atoms with E-state index in [2.05, 4.69) is 0 Å². The van der Waals surface area contributed by atoms with Crippen molar-refractivity contribution in [2.75, 3.05) is 25.4 Å². The zero-order valence-corrected chi connectivity index (χ0v) is 9.70. The molecule has 0 radical (unpaired) electrons. The molecule has 98 valence electrons. The number of benzene rings is 1. The summed E-state index contributed by atoms with van der Waals surface area (Å²) in [6.45, 7) is 0.898. The highest BCUT2D eigenvalue weighted by Crippen LogP contribution is 2.22. The Morgan fingerprint density at radius 1 is 1.44 bits per heavy atom. The fourth-order valence-electron chi connectivity index (χ4n) is 2.06. The quantitative estimate of drug-likeness (QED) is 0.776. The number of carbonyl (C=O) groups excluding carboxylic acids is 1. The van der Waals surface area contributed by atoms with Crippen molar-refractivity contribution in [2.45, 2.75) is 6.42 Å². The lowest BCUT2D eigenvalue weighted by Crippen LogP contribution is -2.29. The van der Waals surface area contributed by atoms with Gasteiger partial charge in [-0.1, -0.05) is 0 Å². The molecule has 2 rings (SSSR count). The number of carbonyl (C=O) groups is 1. The van der Waals surface area contributed by atoms with Crippen LogP contribution in [0.1, 0.15) is 16.8 Å². The molecule has 1 heterocycles. The van der Waals surface area contributed by atoms with Crippen LogP contribution in [0.2, 0.25) is 0 Å². The summed E-state index contributed by atoms with van der Waals surface area (Å²) in [7, 11) is 0. The van der Waals surface area contributed by atoms with Gasteiger partial charge in [-0.25, -0.2) is 8.78 Å². The molecule has 0 aromatic heterocycles. The van der Waals surface area contributed by atoms with E-state index in [1.165, 1.54) is 4.90 Å². The zero-order chi connectivity index (χ0) is 13.3. The van der Waals surface area contributed by atoms with Crippen LogP contribution in [0.3, 0.4) is 0 Å². The second-order valence-electron chi connectivity index (χ2n) is 4.44. The molecule has 0 aliphatic carbocycles. The first kappa shape index (κ1) is 12.8. The van der Waals surface area contributed by atoms with Crippen molar-refractivity contribution < 1.29 is 18.7 Å². The second-order valence-corrected chi connectivity index (χ2v) is 4.44. The molecule has 0 bridgehead atoms. The summed E-state index contributed by atoms with van der Waals surface area (Å²) in [5, 5.41) is 8.99. The van der Waals surface area contributed by atoms with Gasteiger partial charge in [0.2, 0.25) is 0 Å². The Bertz CT molecular complexity index is 456. The molecule has 1 amide bonds. The summed E-state index contributed by atoms with van der Waals surface area (Å²) in [6, 6.07) is 1.88. The number of likely N-dealkylation sites (tertiary alicyclic amines) is 1. The van der Waals surface area contributed by atoms with Crippen molar-refractivity contribution in [2.24, 2.45) is 5.92 Å². The molecular formula is C12H14F2N2O2. The molecule has 6 heteroatoms. The van der Waals surface area contributed by atoms with Gasteiger partial charge in [0.15, 0.2) is 0 Å². The normalized spacial score (nSPS) is 19.3. The summed E-state index contributed by atoms with van der Waals surface area (Å²) >= 11 is 0. The monoisotopic (exact) mass is 256 g/mol. The van der Waals surface area contributed by atoms with Crippen LogP contribution in [-0.4, -0.2) is 35.6 Å². The molecule has 1 atom stereocenters. The van der Waals surface area contributed by atoms with Crippen LogP contribution in [0.25, 0.3) is 0 Å². The summed E-state index contributed by atoms with van der Waals surface area (Å²) in [5.41, 5.74) is 4.50. The number of rotatable bonds is 2. The van der Waals surface area contributed by atoms with Gasteiger partial charge in [-0.2, -0.15) is 0 Å².